The van der Waals surface area contributed by atoms with E-state index in [9.17, 15) is 0 Å². The summed E-state index contributed by atoms with van der Waals surface area (Å²) in [4.78, 5) is 0. The Balaban J connectivity index is 2.58. The first-order chi connectivity index (χ1) is 8.80. The molecular weight excluding hydrogens is 216 g/mol. The highest BCUT2D eigenvalue weighted by Gasteiger charge is 2.01. The first-order valence-electron chi connectivity index (χ1n) is 7.91. The molecule has 0 unspecified atom stereocenters. The van der Waals surface area contributed by atoms with E-state index in [-0.39, 0.29) is 0 Å². The van der Waals surface area contributed by atoms with Crippen LogP contribution in [0, 0.1) is 0 Å². The van der Waals surface area contributed by atoms with Crippen LogP contribution in [0.15, 0.2) is 18.2 Å². The van der Waals surface area contributed by atoms with E-state index in [1.807, 2.05) is 0 Å². The summed E-state index contributed by atoms with van der Waals surface area (Å²) in [6, 6.07) is 7.27. The van der Waals surface area contributed by atoms with Gasteiger partial charge >= 0.3 is 0 Å². The van der Waals surface area contributed by atoms with Crippen molar-refractivity contribution in [3.63, 3.8) is 0 Å². The van der Waals surface area contributed by atoms with Gasteiger partial charge in [0.25, 0.3) is 0 Å². The molecule has 0 heteroatoms. The second kappa shape index (κ2) is 9.19. The molecule has 18 heavy (non-hydrogen) atoms. The van der Waals surface area contributed by atoms with E-state index in [4.69, 9.17) is 0 Å². The van der Waals surface area contributed by atoms with Crippen LogP contribution in [0.25, 0.3) is 0 Å². The fourth-order valence-electron chi connectivity index (χ4n) is 2.47. The molecule has 1 aromatic carbocycles. The van der Waals surface area contributed by atoms with Crippen LogP contribution in [0.3, 0.4) is 0 Å². The summed E-state index contributed by atoms with van der Waals surface area (Å²) < 4.78 is 0. The van der Waals surface area contributed by atoms with Crippen LogP contribution < -0.4 is 0 Å². The van der Waals surface area contributed by atoms with E-state index in [0.717, 1.165) is 0 Å². The SMILES string of the molecule is CCCCCCc1cc(CC)cc(CCCC)c1. The summed E-state index contributed by atoms with van der Waals surface area (Å²) >= 11 is 0. The lowest BCUT2D eigenvalue weighted by Crippen LogP contribution is -1.94. The molecular formula is C18H30. The molecule has 0 atom stereocenters. The van der Waals surface area contributed by atoms with Crippen LogP contribution in [-0.2, 0) is 19.3 Å². The van der Waals surface area contributed by atoms with E-state index in [1.165, 1.54) is 63.4 Å². The Morgan fingerprint density at radius 3 is 1.72 bits per heavy atom. The van der Waals surface area contributed by atoms with Gasteiger partial charge in [-0.15, -0.1) is 0 Å². The minimum Gasteiger partial charge on any atom is -0.0654 e. The molecule has 0 fully saturated rings. The molecule has 0 saturated carbocycles. The Bertz CT molecular complexity index is 325. The zero-order chi connectivity index (χ0) is 13.2. The van der Waals surface area contributed by atoms with Crippen molar-refractivity contribution < 1.29 is 0 Å². The van der Waals surface area contributed by atoms with Crippen molar-refractivity contribution in [2.45, 2.75) is 78.6 Å². The molecule has 0 aliphatic heterocycles. The van der Waals surface area contributed by atoms with Crippen LogP contribution in [0.2, 0.25) is 0 Å². The second-order valence-electron chi connectivity index (χ2n) is 5.43. The highest BCUT2D eigenvalue weighted by atomic mass is 14.1. The summed E-state index contributed by atoms with van der Waals surface area (Å²) in [6.45, 7) is 6.82. The van der Waals surface area contributed by atoms with Crippen LogP contribution in [0.5, 0.6) is 0 Å². The lowest BCUT2D eigenvalue weighted by molar-refractivity contribution is 0.666. The van der Waals surface area contributed by atoms with Crippen LogP contribution in [-0.4, -0.2) is 0 Å². The zero-order valence-corrected chi connectivity index (χ0v) is 12.6. The maximum absolute atomic E-state index is 2.45. The van der Waals surface area contributed by atoms with Crippen molar-refractivity contribution in [1.29, 1.82) is 0 Å². The van der Waals surface area contributed by atoms with Gasteiger partial charge in [0, 0.05) is 0 Å². The van der Waals surface area contributed by atoms with Gasteiger partial charge < -0.3 is 0 Å². The van der Waals surface area contributed by atoms with E-state index < -0.39 is 0 Å². The lowest BCUT2D eigenvalue weighted by Gasteiger charge is -2.09. The van der Waals surface area contributed by atoms with Gasteiger partial charge in [0.15, 0.2) is 0 Å². The second-order valence-corrected chi connectivity index (χ2v) is 5.43. The Morgan fingerprint density at radius 1 is 0.611 bits per heavy atom. The topological polar surface area (TPSA) is 0 Å². The first-order valence-corrected chi connectivity index (χ1v) is 7.91. The average Bonchev–Trinajstić information content (AvgIpc) is 2.41. The van der Waals surface area contributed by atoms with E-state index >= 15 is 0 Å². The molecule has 0 amide bonds. The molecule has 0 N–H and O–H groups in total. The third kappa shape index (κ3) is 5.71. The van der Waals surface area contributed by atoms with Crippen molar-refractivity contribution in [3.05, 3.63) is 34.9 Å². The molecule has 0 saturated heterocycles. The van der Waals surface area contributed by atoms with Gasteiger partial charge in [-0.1, -0.05) is 64.7 Å². The number of hydrogen-bond donors (Lipinski definition) is 0. The molecule has 0 nitrogen and oxygen atoms in total. The number of aryl methyl sites for hydroxylation is 3. The molecule has 0 heterocycles. The summed E-state index contributed by atoms with van der Waals surface area (Å²) in [6.07, 6.45) is 11.8. The monoisotopic (exact) mass is 246 g/mol. The molecule has 0 aliphatic carbocycles. The standard InChI is InChI=1S/C18H30/c1-4-7-9-10-12-18-14-16(6-3)13-17(15-18)11-8-5-2/h13-15H,4-12H2,1-3H3. The number of benzene rings is 1. The fourth-order valence-corrected chi connectivity index (χ4v) is 2.47. The molecule has 102 valence electrons. The number of unbranched alkanes of at least 4 members (excludes halogenated alkanes) is 4. The maximum atomic E-state index is 2.45. The van der Waals surface area contributed by atoms with E-state index in [0.29, 0.717) is 0 Å². The van der Waals surface area contributed by atoms with Gasteiger partial charge in [-0.3, -0.25) is 0 Å². The zero-order valence-electron chi connectivity index (χ0n) is 12.6. The summed E-state index contributed by atoms with van der Waals surface area (Å²) in [7, 11) is 0. The van der Waals surface area contributed by atoms with Crippen LogP contribution in [0.4, 0.5) is 0 Å². The lowest BCUT2D eigenvalue weighted by atomic mass is 9.97. The fraction of sp³-hybridized carbons (Fsp3) is 0.667. The maximum Gasteiger partial charge on any atom is -0.0279 e. The molecule has 0 bridgehead atoms. The van der Waals surface area contributed by atoms with Crippen LogP contribution in [0.1, 0.15) is 76.0 Å². The third-order valence-corrected chi connectivity index (χ3v) is 3.66. The van der Waals surface area contributed by atoms with Crippen molar-refractivity contribution >= 4 is 0 Å². The molecule has 0 aromatic heterocycles. The quantitative estimate of drug-likeness (QED) is 0.489. The minimum atomic E-state index is 1.17. The highest BCUT2D eigenvalue weighted by Crippen LogP contribution is 2.16. The number of rotatable bonds is 9. The predicted molar refractivity (Wildman–Crippen MR) is 82.3 cm³/mol. The Hall–Kier alpha value is -0.780. The van der Waals surface area contributed by atoms with E-state index in [2.05, 4.69) is 39.0 Å². The molecule has 0 aliphatic rings. The van der Waals surface area contributed by atoms with Gasteiger partial charge in [0.1, 0.15) is 0 Å². The third-order valence-electron chi connectivity index (χ3n) is 3.66. The predicted octanol–water partition coefficient (Wildman–Crippen LogP) is 5.71. The summed E-state index contributed by atoms with van der Waals surface area (Å²) in [5, 5.41) is 0. The van der Waals surface area contributed by atoms with Gasteiger partial charge in [-0.05, 0) is 48.8 Å². The molecule has 0 radical (unpaired) electrons. The molecule has 0 spiro atoms. The Kier molecular flexibility index (Phi) is 7.80. The van der Waals surface area contributed by atoms with Gasteiger partial charge in [-0.25, -0.2) is 0 Å². The summed E-state index contributed by atoms with van der Waals surface area (Å²) in [5.41, 5.74) is 4.65. The Labute approximate surface area is 114 Å². The molecule has 1 aromatic rings. The van der Waals surface area contributed by atoms with Crippen molar-refractivity contribution in [2.75, 3.05) is 0 Å². The summed E-state index contributed by atoms with van der Waals surface area (Å²) in [5.74, 6) is 0. The van der Waals surface area contributed by atoms with Crippen molar-refractivity contribution in [3.8, 4) is 0 Å². The molecule has 1 rings (SSSR count). The first kappa shape index (κ1) is 15.3. The van der Waals surface area contributed by atoms with Crippen molar-refractivity contribution in [2.24, 2.45) is 0 Å². The smallest absolute Gasteiger partial charge is 0.0279 e. The van der Waals surface area contributed by atoms with Crippen LogP contribution >= 0.6 is 0 Å². The van der Waals surface area contributed by atoms with Gasteiger partial charge in [-0.2, -0.15) is 0 Å². The van der Waals surface area contributed by atoms with Gasteiger partial charge in [0.2, 0.25) is 0 Å². The van der Waals surface area contributed by atoms with E-state index in [1.54, 1.807) is 11.1 Å². The number of hydrogen-bond acceptors (Lipinski definition) is 0. The average molecular weight is 246 g/mol. The normalized spacial score (nSPS) is 10.8. The Morgan fingerprint density at radius 2 is 1.17 bits per heavy atom. The van der Waals surface area contributed by atoms with Gasteiger partial charge in [0.05, 0.1) is 0 Å². The minimum absolute atomic E-state index is 1.17. The largest absolute Gasteiger partial charge is 0.0654 e. The van der Waals surface area contributed by atoms with Crippen molar-refractivity contribution in [1.82, 2.24) is 0 Å². The highest BCUT2D eigenvalue weighted by molar-refractivity contribution is 5.30.